The Labute approximate surface area is 171 Å². The number of hydrogen-bond acceptors (Lipinski definition) is 4. The van der Waals surface area contributed by atoms with Gasteiger partial charge in [0.25, 0.3) is 0 Å². The molecular weight excluding hydrogens is 364 g/mol. The van der Waals surface area contributed by atoms with E-state index in [0.717, 1.165) is 29.7 Å². The van der Waals surface area contributed by atoms with Gasteiger partial charge in [0.1, 0.15) is 22.8 Å². The number of hydrogen-bond donors (Lipinski definition) is 3. The normalized spacial score (nSPS) is 21.3. The predicted molar refractivity (Wildman–Crippen MR) is 114 cm³/mol. The van der Waals surface area contributed by atoms with Crippen molar-refractivity contribution in [3.63, 3.8) is 0 Å². The molecule has 3 atom stereocenters. The van der Waals surface area contributed by atoms with Crippen LogP contribution in [-0.2, 0) is 0 Å². The molecule has 1 aliphatic carbocycles. The van der Waals surface area contributed by atoms with Gasteiger partial charge in [-0.15, -0.1) is 0 Å². The summed E-state index contributed by atoms with van der Waals surface area (Å²) in [6.07, 6.45) is 5.76. The summed E-state index contributed by atoms with van der Waals surface area (Å²) in [5, 5.41) is 30.3. The first-order chi connectivity index (χ1) is 13.8. The molecule has 0 aliphatic heterocycles. The number of rotatable bonds is 5. The van der Waals surface area contributed by atoms with Crippen molar-refractivity contribution < 1.29 is 20.1 Å². The van der Waals surface area contributed by atoms with Gasteiger partial charge in [-0.05, 0) is 51.0 Å². The van der Waals surface area contributed by atoms with Crippen LogP contribution in [0.4, 0.5) is 0 Å². The van der Waals surface area contributed by atoms with E-state index in [0.29, 0.717) is 6.42 Å². The molecular formula is C25H28O4. The lowest BCUT2D eigenvalue weighted by Crippen LogP contribution is -2.33. The molecule has 0 radical (unpaired) electrons. The number of allylic oxidation sites excluding steroid dienone is 4. The van der Waals surface area contributed by atoms with E-state index in [4.69, 9.17) is 0 Å². The molecule has 152 valence electrons. The van der Waals surface area contributed by atoms with E-state index >= 15 is 0 Å². The number of phenolic OH excluding ortho intramolecular Hbond substituents is 3. The zero-order chi connectivity index (χ0) is 21.1. The molecule has 0 fully saturated rings. The third-order valence-electron chi connectivity index (χ3n) is 5.78. The van der Waals surface area contributed by atoms with Gasteiger partial charge in [0.2, 0.25) is 0 Å². The average molecular weight is 392 g/mol. The van der Waals surface area contributed by atoms with E-state index in [1.54, 1.807) is 0 Å². The Hall–Kier alpha value is -3.01. The van der Waals surface area contributed by atoms with Gasteiger partial charge in [-0.1, -0.05) is 53.6 Å². The molecule has 2 aromatic rings. The Morgan fingerprint density at radius 2 is 1.69 bits per heavy atom. The highest BCUT2D eigenvalue weighted by Crippen LogP contribution is 2.46. The first-order valence-electron chi connectivity index (χ1n) is 9.93. The number of Topliss-reactive ketones (excluding diaryl/α,β-unsaturated/α-hetero) is 1. The van der Waals surface area contributed by atoms with Crippen LogP contribution in [0.3, 0.4) is 0 Å². The molecule has 29 heavy (non-hydrogen) atoms. The van der Waals surface area contributed by atoms with Gasteiger partial charge in [0.05, 0.1) is 0 Å². The molecule has 4 heteroatoms. The molecule has 0 amide bonds. The van der Waals surface area contributed by atoms with Crippen molar-refractivity contribution in [2.45, 2.75) is 39.5 Å². The Bertz CT molecular complexity index is 929. The van der Waals surface area contributed by atoms with Crippen molar-refractivity contribution in [1.29, 1.82) is 0 Å². The quantitative estimate of drug-likeness (QED) is 0.450. The van der Waals surface area contributed by atoms with E-state index < -0.39 is 17.4 Å². The minimum Gasteiger partial charge on any atom is -0.508 e. The van der Waals surface area contributed by atoms with E-state index in [1.165, 1.54) is 5.57 Å². The van der Waals surface area contributed by atoms with Crippen LogP contribution < -0.4 is 0 Å². The zero-order valence-electron chi connectivity index (χ0n) is 17.1. The molecule has 0 heterocycles. The molecule has 0 aromatic heterocycles. The number of carbonyl (C=O) groups excluding carboxylic acids is 1. The van der Waals surface area contributed by atoms with Crippen molar-refractivity contribution in [3.8, 4) is 17.2 Å². The second-order valence-electron chi connectivity index (χ2n) is 8.07. The molecule has 0 saturated carbocycles. The number of aromatic hydroxyl groups is 3. The molecule has 3 N–H and O–H groups in total. The minimum absolute atomic E-state index is 0.0380. The maximum atomic E-state index is 13.7. The van der Waals surface area contributed by atoms with Gasteiger partial charge in [-0.25, -0.2) is 0 Å². The average Bonchev–Trinajstić information content (AvgIpc) is 2.66. The second-order valence-corrected chi connectivity index (χ2v) is 8.07. The predicted octanol–water partition coefficient (Wildman–Crippen LogP) is 5.71. The van der Waals surface area contributed by atoms with Crippen LogP contribution in [0.25, 0.3) is 0 Å². The molecule has 0 unspecified atom stereocenters. The maximum Gasteiger partial charge on any atom is 0.174 e. The van der Waals surface area contributed by atoms with Gasteiger partial charge < -0.3 is 15.3 Å². The van der Waals surface area contributed by atoms with Gasteiger partial charge in [0, 0.05) is 18.1 Å². The van der Waals surface area contributed by atoms with Gasteiger partial charge >= 0.3 is 0 Å². The Morgan fingerprint density at radius 1 is 1.07 bits per heavy atom. The van der Waals surface area contributed by atoms with Crippen LogP contribution in [0.2, 0.25) is 0 Å². The SMILES string of the molecule is CC(C)=CC[C@H]1C(C)=CC[C@H](c2ccccc2)[C@H]1C(=O)c1c(O)cc(O)cc1O. The summed E-state index contributed by atoms with van der Waals surface area (Å²) in [5.41, 5.74) is 3.27. The summed E-state index contributed by atoms with van der Waals surface area (Å²) in [6, 6.07) is 12.1. The monoisotopic (exact) mass is 392 g/mol. The Balaban J connectivity index is 2.12. The fourth-order valence-electron chi connectivity index (χ4n) is 4.30. The lowest BCUT2D eigenvalue weighted by molar-refractivity contribution is 0.0844. The summed E-state index contributed by atoms with van der Waals surface area (Å²) in [7, 11) is 0. The Kier molecular flexibility index (Phi) is 6.12. The molecule has 0 bridgehead atoms. The smallest absolute Gasteiger partial charge is 0.174 e. The Morgan fingerprint density at radius 3 is 2.28 bits per heavy atom. The summed E-state index contributed by atoms with van der Waals surface area (Å²) in [6.45, 7) is 6.11. The van der Waals surface area contributed by atoms with Gasteiger partial charge in [-0.3, -0.25) is 4.79 Å². The molecule has 0 spiro atoms. The van der Waals surface area contributed by atoms with E-state index in [1.807, 2.05) is 51.1 Å². The topological polar surface area (TPSA) is 77.8 Å². The van der Waals surface area contributed by atoms with Crippen molar-refractivity contribution in [2.75, 3.05) is 0 Å². The van der Waals surface area contributed by atoms with Crippen molar-refractivity contribution in [3.05, 3.63) is 76.9 Å². The fourth-order valence-corrected chi connectivity index (χ4v) is 4.30. The van der Waals surface area contributed by atoms with Crippen LogP contribution in [0.15, 0.2) is 65.8 Å². The highest BCUT2D eigenvalue weighted by Gasteiger charge is 2.40. The standard InChI is InChI=1S/C25H28O4/c1-15(2)9-11-19-16(3)10-12-20(17-7-5-4-6-8-17)23(19)25(29)24-21(27)13-18(26)14-22(24)28/h4-10,13-14,19-20,23,26-28H,11-12H2,1-3H3/t19-,20+,23-/m0/s1. The van der Waals surface area contributed by atoms with Crippen LogP contribution in [0, 0.1) is 11.8 Å². The van der Waals surface area contributed by atoms with E-state index in [2.05, 4.69) is 12.2 Å². The van der Waals surface area contributed by atoms with Crippen molar-refractivity contribution in [1.82, 2.24) is 0 Å². The summed E-state index contributed by atoms with van der Waals surface area (Å²) in [5.74, 6) is -1.90. The third-order valence-corrected chi connectivity index (χ3v) is 5.78. The van der Waals surface area contributed by atoms with E-state index in [9.17, 15) is 20.1 Å². The fraction of sp³-hybridized carbons (Fsp3) is 0.320. The largest absolute Gasteiger partial charge is 0.508 e. The summed E-state index contributed by atoms with van der Waals surface area (Å²) in [4.78, 5) is 13.7. The van der Waals surface area contributed by atoms with Crippen molar-refractivity contribution in [2.24, 2.45) is 11.8 Å². The second kappa shape index (κ2) is 8.56. The zero-order valence-corrected chi connectivity index (χ0v) is 17.1. The summed E-state index contributed by atoms with van der Waals surface area (Å²) < 4.78 is 0. The summed E-state index contributed by atoms with van der Waals surface area (Å²) >= 11 is 0. The molecule has 0 saturated heterocycles. The maximum absolute atomic E-state index is 13.7. The number of phenols is 3. The van der Waals surface area contributed by atoms with Gasteiger partial charge in [0.15, 0.2) is 5.78 Å². The number of ketones is 1. The molecule has 1 aliphatic rings. The molecule has 2 aromatic carbocycles. The lowest BCUT2D eigenvalue weighted by atomic mass is 9.65. The van der Waals surface area contributed by atoms with Crippen LogP contribution in [0.1, 0.15) is 55.5 Å². The van der Waals surface area contributed by atoms with E-state index in [-0.39, 0.29) is 28.9 Å². The highest BCUT2D eigenvalue weighted by atomic mass is 16.3. The number of benzene rings is 2. The van der Waals surface area contributed by atoms with Gasteiger partial charge in [-0.2, -0.15) is 0 Å². The molecule has 4 nitrogen and oxygen atoms in total. The third kappa shape index (κ3) is 4.37. The van der Waals surface area contributed by atoms with Crippen molar-refractivity contribution >= 4 is 5.78 Å². The first kappa shape index (κ1) is 20.7. The highest BCUT2D eigenvalue weighted by molar-refractivity contribution is 6.03. The van der Waals surface area contributed by atoms with Crippen LogP contribution in [0.5, 0.6) is 17.2 Å². The van der Waals surface area contributed by atoms with Crippen LogP contribution >= 0.6 is 0 Å². The first-order valence-corrected chi connectivity index (χ1v) is 9.93. The van der Waals surface area contributed by atoms with Crippen LogP contribution in [-0.4, -0.2) is 21.1 Å². The number of carbonyl (C=O) groups is 1. The lowest BCUT2D eigenvalue weighted by Gasteiger charge is -2.37. The molecule has 3 rings (SSSR count). The minimum atomic E-state index is -0.431.